The van der Waals surface area contributed by atoms with E-state index in [1.807, 2.05) is 0 Å². The number of benzene rings is 1. The number of nitrogens with zero attached hydrogens (tertiary/aromatic N) is 1. The first-order chi connectivity index (χ1) is 9.58. The number of thiophene rings is 1. The molecule has 1 aromatic heterocycles. The third-order valence-electron chi connectivity index (χ3n) is 2.34. The first kappa shape index (κ1) is 13.7. The molecule has 8 heteroatoms. The molecule has 0 saturated heterocycles. The van der Waals surface area contributed by atoms with Gasteiger partial charge >= 0.3 is 11.8 Å². The summed E-state index contributed by atoms with van der Waals surface area (Å²) in [6.45, 7) is 0. The van der Waals surface area contributed by atoms with Crippen LogP contribution in [-0.2, 0) is 4.84 Å². The summed E-state index contributed by atoms with van der Waals surface area (Å²) in [6, 6.07) is 9.00. The number of non-ortho nitro benzene ring substituents is 1. The van der Waals surface area contributed by atoms with E-state index in [1.165, 1.54) is 29.5 Å². The van der Waals surface area contributed by atoms with Crippen LogP contribution < -0.4 is 10.9 Å². The van der Waals surface area contributed by atoms with Gasteiger partial charge in [0.2, 0.25) is 0 Å². The molecule has 3 N–H and O–H groups in total. The van der Waals surface area contributed by atoms with Gasteiger partial charge in [0.1, 0.15) is 4.88 Å². The van der Waals surface area contributed by atoms with Crippen LogP contribution in [0, 0.1) is 10.1 Å². The number of rotatable bonds is 4. The Morgan fingerprint density at radius 2 is 2.15 bits per heavy atom. The number of carbonyl (C=O) groups excluding carboxylic acids is 1. The zero-order chi connectivity index (χ0) is 14.5. The monoisotopic (exact) mass is 292 g/mol. The van der Waals surface area contributed by atoms with Gasteiger partial charge in [-0.15, -0.1) is 11.3 Å². The first-order valence-electron chi connectivity index (χ1n) is 5.46. The molecule has 1 heterocycles. The number of amidine groups is 1. The maximum absolute atomic E-state index is 11.6. The molecule has 0 aliphatic rings. The molecule has 0 unspecified atom stereocenters. The van der Waals surface area contributed by atoms with E-state index in [1.54, 1.807) is 23.6 Å². The van der Waals surface area contributed by atoms with Gasteiger partial charge in [-0.1, -0.05) is 17.3 Å². The SMILES string of the molecule is NC(=[NH+]OC(=O)c1cccs1)c1cccc([N+](=O)[O-])c1. The second kappa shape index (κ2) is 5.93. The van der Waals surface area contributed by atoms with Gasteiger partial charge in [0, 0.05) is 12.1 Å². The molecule has 1 aromatic carbocycles. The molecular formula is C12H10N3O4S+. The van der Waals surface area contributed by atoms with Gasteiger partial charge in [-0.3, -0.25) is 20.7 Å². The lowest BCUT2D eigenvalue weighted by atomic mass is 10.2. The molecule has 0 aliphatic carbocycles. The van der Waals surface area contributed by atoms with Crippen LogP contribution >= 0.6 is 11.3 Å². The van der Waals surface area contributed by atoms with Crippen molar-refractivity contribution in [2.45, 2.75) is 0 Å². The Morgan fingerprint density at radius 3 is 2.80 bits per heavy atom. The van der Waals surface area contributed by atoms with E-state index < -0.39 is 10.9 Å². The maximum Gasteiger partial charge on any atom is 0.397 e. The summed E-state index contributed by atoms with van der Waals surface area (Å²) in [7, 11) is 0. The normalized spacial score (nSPS) is 11.1. The molecule has 0 saturated carbocycles. The Morgan fingerprint density at radius 1 is 1.35 bits per heavy atom. The van der Waals surface area contributed by atoms with Crippen molar-refractivity contribution in [3.05, 3.63) is 62.3 Å². The topological polar surface area (TPSA) is 109 Å². The fraction of sp³-hybridized carbons (Fsp3) is 0. The molecule has 0 spiro atoms. The average molecular weight is 292 g/mol. The van der Waals surface area contributed by atoms with Crippen LogP contribution in [0.15, 0.2) is 41.8 Å². The van der Waals surface area contributed by atoms with Crippen molar-refractivity contribution in [1.29, 1.82) is 0 Å². The molecule has 102 valence electrons. The second-order valence-corrected chi connectivity index (χ2v) is 4.64. The number of nitrogens with one attached hydrogen (secondary N) is 1. The van der Waals surface area contributed by atoms with E-state index in [9.17, 15) is 14.9 Å². The summed E-state index contributed by atoms with van der Waals surface area (Å²) in [5, 5.41) is 14.7. The van der Waals surface area contributed by atoms with Gasteiger partial charge in [-0.25, -0.2) is 4.79 Å². The van der Waals surface area contributed by atoms with Gasteiger partial charge in [-0.05, 0) is 17.5 Å². The lowest BCUT2D eigenvalue weighted by molar-refractivity contribution is -0.721. The van der Waals surface area contributed by atoms with Crippen LogP contribution in [0.3, 0.4) is 0 Å². The highest BCUT2D eigenvalue weighted by molar-refractivity contribution is 7.11. The molecule has 7 nitrogen and oxygen atoms in total. The fourth-order valence-electron chi connectivity index (χ4n) is 1.39. The quantitative estimate of drug-likeness (QED) is 0.275. The van der Waals surface area contributed by atoms with Crippen molar-refractivity contribution in [3.8, 4) is 0 Å². The minimum absolute atomic E-state index is 0.0126. The van der Waals surface area contributed by atoms with Crippen LogP contribution in [0.1, 0.15) is 15.2 Å². The van der Waals surface area contributed by atoms with E-state index in [4.69, 9.17) is 10.6 Å². The Labute approximate surface area is 117 Å². The number of nitrogens with two attached hydrogens (primary N) is 1. The molecule has 0 bridgehead atoms. The van der Waals surface area contributed by atoms with Gasteiger partial charge in [-0.2, -0.15) is 0 Å². The van der Waals surface area contributed by atoms with Gasteiger partial charge < -0.3 is 0 Å². The molecule has 0 aliphatic heterocycles. The van der Waals surface area contributed by atoms with Gasteiger partial charge in [0.15, 0.2) is 0 Å². The zero-order valence-electron chi connectivity index (χ0n) is 10.1. The number of nitrogen functional groups attached to an aromatic ring is 1. The van der Waals surface area contributed by atoms with Crippen LogP contribution in [0.4, 0.5) is 5.69 Å². The van der Waals surface area contributed by atoms with Gasteiger partial charge in [0.25, 0.3) is 5.69 Å². The molecule has 0 amide bonds. The Hall–Kier alpha value is -2.74. The standard InChI is InChI=1S/C12H9N3O4S/c13-11(8-3-1-4-9(7-8)15(17)18)14-19-12(16)10-5-2-6-20-10/h1-7H,(H2,13,14)/p+1. The molecule has 20 heavy (non-hydrogen) atoms. The maximum atomic E-state index is 11.6. The van der Waals surface area contributed by atoms with Crippen molar-refractivity contribution in [2.75, 3.05) is 0 Å². The van der Waals surface area contributed by atoms with E-state index in [2.05, 4.69) is 5.16 Å². The molecule has 0 fully saturated rings. The lowest BCUT2D eigenvalue weighted by Crippen LogP contribution is -2.75. The molecular weight excluding hydrogens is 282 g/mol. The highest BCUT2D eigenvalue weighted by atomic mass is 32.1. The number of hydrogen-bond acceptors (Lipinski definition) is 5. The third-order valence-corrected chi connectivity index (χ3v) is 3.19. The van der Waals surface area contributed by atoms with Crippen LogP contribution in [0.5, 0.6) is 0 Å². The van der Waals surface area contributed by atoms with E-state index in [-0.39, 0.29) is 11.5 Å². The molecule has 2 rings (SSSR count). The van der Waals surface area contributed by atoms with Crippen LogP contribution in [0.25, 0.3) is 0 Å². The van der Waals surface area contributed by atoms with Crippen LogP contribution in [-0.4, -0.2) is 16.7 Å². The smallest absolute Gasteiger partial charge is 0.284 e. The molecule has 0 atom stereocenters. The Balaban J connectivity index is 2.12. The van der Waals surface area contributed by atoms with Crippen molar-refractivity contribution < 1.29 is 19.7 Å². The Kier molecular flexibility index (Phi) is 4.06. The van der Waals surface area contributed by atoms with Crippen LogP contribution in [0.2, 0.25) is 0 Å². The average Bonchev–Trinajstić information content (AvgIpc) is 2.98. The Bertz CT molecular complexity index is 667. The summed E-state index contributed by atoms with van der Waals surface area (Å²) < 4.78 is 0. The predicted octanol–water partition coefficient (Wildman–Crippen LogP) is 0.214. The number of carbonyl (C=O) groups is 1. The van der Waals surface area contributed by atoms with Gasteiger partial charge in [0.05, 0.1) is 10.5 Å². The predicted molar refractivity (Wildman–Crippen MR) is 72.1 cm³/mol. The minimum Gasteiger partial charge on any atom is -0.284 e. The zero-order valence-corrected chi connectivity index (χ0v) is 10.9. The largest absolute Gasteiger partial charge is 0.397 e. The van der Waals surface area contributed by atoms with E-state index in [0.717, 1.165) is 0 Å². The minimum atomic E-state index is -0.576. The van der Waals surface area contributed by atoms with Crippen molar-refractivity contribution >= 4 is 28.8 Å². The summed E-state index contributed by atoms with van der Waals surface area (Å²) in [5.41, 5.74) is 5.93. The van der Waals surface area contributed by atoms with E-state index in [0.29, 0.717) is 10.4 Å². The highest BCUT2D eigenvalue weighted by Gasteiger charge is 2.14. The highest BCUT2D eigenvalue weighted by Crippen LogP contribution is 2.12. The molecule has 2 aromatic rings. The lowest BCUT2D eigenvalue weighted by Gasteiger charge is -1.96. The third kappa shape index (κ3) is 3.18. The number of nitro groups is 1. The molecule has 0 radical (unpaired) electrons. The fourth-order valence-corrected chi connectivity index (χ4v) is 1.99. The van der Waals surface area contributed by atoms with E-state index >= 15 is 0 Å². The summed E-state index contributed by atoms with van der Waals surface area (Å²) in [4.78, 5) is 26.9. The number of hydrogen-bond donors (Lipinski definition) is 2. The van der Waals surface area contributed by atoms with Crippen molar-refractivity contribution in [3.63, 3.8) is 0 Å². The summed E-state index contributed by atoms with van der Waals surface area (Å²) >= 11 is 1.23. The first-order valence-corrected chi connectivity index (χ1v) is 6.34. The second-order valence-electron chi connectivity index (χ2n) is 3.69. The van der Waals surface area contributed by atoms with Crippen molar-refractivity contribution in [1.82, 2.24) is 0 Å². The number of nitro benzene ring substituents is 1. The summed E-state index contributed by atoms with van der Waals surface area (Å²) in [5.74, 6) is -0.563. The van der Waals surface area contributed by atoms with Crippen molar-refractivity contribution in [2.24, 2.45) is 5.73 Å². The summed E-state index contributed by atoms with van der Waals surface area (Å²) in [6.07, 6.45) is 0.